The molecule has 0 radical (unpaired) electrons. The van der Waals surface area contributed by atoms with Gasteiger partial charge in [-0.1, -0.05) is 23.7 Å². The third kappa shape index (κ3) is 3.69. The maximum Gasteiger partial charge on any atom is 0.339 e. The van der Waals surface area contributed by atoms with E-state index < -0.39 is 11.9 Å². The Morgan fingerprint density at radius 3 is 2.76 bits per heavy atom. The van der Waals surface area contributed by atoms with Gasteiger partial charge >= 0.3 is 5.97 Å². The van der Waals surface area contributed by atoms with Crippen LogP contribution >= 0.6 is 11.6 Å². The van der Waals surface area contributed by atoms with E-state index in [0.717, 1.165) is 11.8 Å². The number of amides is 1. The van der Waals surface area contributed by atoms with E-state index in [-0.39, 0.29) is 11.3 Å². The van der Waals surface area contributed by atoms with Crippen molar-refractivity contribution in [1.29, 1.82) is 0 Å². The maximum atomic E-state index is 12.4. The Morgan fingerprint density at radius 2 is 2.08 bits per heavy atom. The number of halogens is 1. The van der Waals surface area contributed by atoms with Crippen LogP contribution in [0.1, 0.15) is 26.4 Å². The van der Waals surface area contributed by atoms with Crippen molar-refractivity contribution in [3.8, 4) is 0 Å². The Labute approximate surface area is 147 Å². The van der Waals surface area contributed by atoms with Crippen molar-refractivity contribution in [2.45, 2.75) is 6.54 Å². The first-order chi connectivity index (χ1) is 11.9. The number of nitrogens with one attached hydrogen (secondary N) is 1. The number of hydrogen-bond acceptors (Lipinski definition) is 4. The van der Waals surface area contributed by atoms with E-state index in [1.165, 1.54) is 11.7 Å². The number of aromatic nitrogens is 4. The zero-order valence-corrected chi connectivity index (χ0v) is 13.9. The van der Waals surface area contributed by atoms with Crippen LogP contribution in [-0.4, -0.2) is 36.5 Å². The lowest BCUT2D eigenvalue weighted by atomic mass is 10.2. The van der Waals surface area contributed by atoms with Crippen molar-refractivity contribution < 1.29 is 14.7 Å². The van der Waals surface area contributed by atoms with Crippen LogP contribution in [0.4, 0.5) is 5.69 Å². The summed E-state index contributed by atoms with van der Waals surface area (Å²) < 4.78 is 2.90. The largest absolute Gasteiger partial charge is 0.478 e. The SMILES string of the molecule is Cn1ncc(C(=O)O)c1C(=O)Nc1cccc(Cn2cc(Cl)cn2)c1. The molecule has 8 nitrogen and oxygen atoms in total. The monoisotopic (exact) mass is 359 g/mol. The van der Waals surface area contributed by atoms with Gasteiger partial charge in [0.25, 0.3) is 5.91 Å². The van der Waals surface area contributed by atoms with Crippen molar-refractivity contribution in [2.75, 3.05) is 5.32 Å². The van der Waals surface area contributed by atoms with Crippen molar-refractivity contribution in [3.05, 3.63) is 64.7 Å². The van der Waals surface area contributed by atoms with Crippen molar-refractivity contribution in [3.63, 3.8) is 0 Å². The predicted molar refractivity (Wildman–Crippen MR) is 90.9 cm³/mol. The van der Waals surface area contributed by atoms with Gasteiger partial charge in [-0.25, -0.2) is 4.79 Å². The summed E-state index contributed by atoms with van der Waals surface area (Å²) in [5, 5.41) is 20.3. The quantitative estimate of drug-likeness (QED) is 0.727. The Morgan fingerprint density at radius 1 is 1.28 bits per heavy atom. The molecule has 0 spiro atoms. The summed E-state index contributed by atoms with van der Waals surface area (Å²) in [5.74, 6) is -1.75. The summed E-state index contributed by atoms with van der Waals surface area (Å²) >= 11 is 5.84. The number of nitrogens with zero attached hydrogens (tertiary/aromatic N) is 4. The second kappa shape index (κ2) is 6.78. The highest BCUT2D eigenvalue weighted by Crippen LogP contribution is 2.16. The molecule has 0 aliphatic heterocycles. The molecule has 0 fully saturated rings. The van der Waals surface area contributed by atoms with E-state index in [2.05, 4.69) is 15.5 Å². The predicted octanol–water partition coefficient (Wildman–Crippen LogP) is 2.27. The highest BCUT2D eigenvalue weighted by molar-refractivity contribution is 6.30. The van der Waals surface area contributed by atoms with Crippen LogP contribution in [0.3, 0.4) is 0 Å². The van der Waals surface area contributed by atoms with Crippen LogP contribution in [0.2, 0.25) is 5.02 Å². The van der Waals surface area contributed by atoms with Crippen LogP contribution in [0, 0.1) is 0 Å². The van der Waals surface area contributed by atoms with Crippen LogP contribution < -0.4 is 5.32 Å². The first-order valence-electron chi connectivity index (χ1n) is 7.27. The van der Waals surface area contributed by atoms with E-state index in [0.29, 0.717) is 17.3 Å². The molecular formula is C16H14ClN5O3. The summed E-state index contributed by atoms with van der Waals surface area (Å²) in [4.78, 5) is 23.6. The van der Waals surface area contributed by atoms with Gasteiger partial charge < -0.3 is 10.4 Å². The molecule has 0 unspecified atom stereocenters. The lowest BCUT2D eigenvalue weighted by Crippen LogP contribution is -2.19. The molecule has 9 heteroatoms. The Kier molecular flexibility index (Phi) is 4.53. The van der Waals surface area contributed by atoms with Gasteiger partial charge in [0.1, 0.15) is 11.3 Å². The summed E-state index contributed by atoms with van der Waals surface area (Å²) in [7, 11) is 1.51. The van der Waals surface area contributed by atoms with Crippen LogP contribution in [0.15, 0.2) is 42.9 Å². The zero-order chi connectivity index (χ0) is 18.0. The number of anilines is 1. The van der Waals surface area contributed by atoms with Gasteiger partial charge in [-0.05, 0) is 17.7 Å². The number of carboxylic acids is 1. The molecule has 0 aliphatic carbocycles. The third-order valence-electron chi connectivity index (χ3n) is 3.52. The van der Waals surface area contributed by atoms with Crippen molar-refractivity contribution in [2.24, 2.45) is 7.05 Å². The lowest BCUT2D eigenvalue weighted by molar-refractivity contribution is 0.0692. The Balaban J connectivity index is 1.79. The normalized spacial score (nSPS) is 10.6. The van der Waals surface area contributed by atoms with E-state index in [9.17, 15) is 9.59 Å². The summed E-state index contributed by atoms with van der Waals surface area (Å²) in [6.07, 6.45) is 4.39. The molecule has 3 rings (SSSR count). The van der Waals surface area contributed by atoms with Gasteiger partial charge in [0.05, 0.1) is 24.0 Å². The van der Waals surface area contributed by atoms with Gasteiger partial charge in [-0.2, -0.15) is 10.2 Å². The molecule has 3 aromatic rings. The van der Waals surface area contributed by atoms with Gasteiger partial charge in [-0.15, -0.1) is 0 Å². The number of carbonyl (C=O) groups excluding carboxylic acids is 1. The molecule has 2 heterocycles. The smallest absolute Gasteiger partial charge is 0.339 e. The first-order valence-corrected chi connectivity index (χ1v) is 7.65. The van der Waals surface area contributed by atoms with Crippen molar-refractivity contribution >= 4 is 29.2 Å². The van der Waals surface area contributed by atoms with Crippen LogP contribution in [0.25, 0.3) is 0 Å². The number of hydrogen-bond donors (Lipinski definition) is 2. The van der Waals surface area contributed by atoms with E-state index in [1.807, 2.05) is 6.07 Å². The molecule has 2 N–H and O–H groups in total. The van der Waals surface area contributed by atoms with Crippen LogP contribution in [0.5, 0.6) is 0 Å². The molecule has 0 saturated carbocycles. The molecule has 0 saturated heterocycles. The van der Waals surface area contributed by atoms with Gasteiger partial charge in [0.15, 0.2) is 0 Å². The molecule has 0 aliphatic rings. The standard InChI is InChI=1S/C16H14ClN5O3/c1-21-14(13(7-18-21)16(24)25)15(23)20-12-4-2-3-10(5-12)8-22-9-11(17)6-19-22/h2-7,9H,8H2,1H3,(H,20,23)(H,24,25). The Hall–Kier alpha value is -3.13. The molecule has 0 bridgehead atoms. The average molecular weight is 360 g/mol. The zero-order valence-electron chi connectivity index (χ0n) is 13.2. The summed E-state index contributed by atoms with van der Waals surface area (Å²) in [5.41, 5.74) is 1.28. The topological polar surface area (TPSA) is 102 Å². The maximum absolute atomic E-state index is 12.4. The molecule has 0 atom stereocenters. The highest BCUT2D eigenvalue weighted by atomic mass is 35.5. The molecule has 25 heavy (non-hydrogen) atoms. The molecule has 2 aromatic heterocycles. The fraction of sp³-hybridized carbons (Fsp3) is 0.125. The summed E-state index contributed by atoms with van der Waals surface area (Å²) in [6.45, 7) is 0.489. The van der Waals surface area contributed by atoms with Crippen LogP contribution in [-0.2, 0) is 13.6 Å². The number of carboxylic acid groups (broad SMARTS) is 1. The number of rotatable bonds is 5. The van der Waals surface area contributed by atoms with E-state index in [1.54, 1.807) is 35.3 Å². The van der Waals surface area contributed by atoms with E-state index >= 15 is 0 Å². The minimum atomic E-state index is -1.21. The van der Waals surface area contributed by atoms with Crippen molar-refractivity contribution in [1.82, 2.24) is 19.6 Å². The van der Waals surface area contributed by atoms with Gasteiger partial charge in [0.2, 0.25) is 0 Å². The fourth-order valence-electron chi connectivity index (χ4n) is 2.41. The minimum absolute atomic E-state index is 0.0169. The number of aromatic carboxylic acids is 1. The third-order valence-corrected chi connectivity index (χ3v) is 3.71. The number of benzene rings is 1. The number of aryl methyl sites for hydroxylation is 1. The number of carbonyl (C=O) groups is 2. The lowest BCUT2D eigenvalue weighted by Gasteiger charge is -2.09. The first kappa shape index (κ1) is 16.7. The minimum Gasteiger partial charge on any atom is -0.478 e. The molecule has 1 amide bonds. The van der Waals surface area contributed by atoms with Gasteiger partial charge in [0, 0.05) is 18.9 Å². The molecular weight excluding hydrogens is 346 g/mol. The fourth-order valence-corrected chi connectivity index (χ4v) is 2.57. The molecule has 1 aromatic carbocycles. The van der Waals surface area contributed by atoms with E-state index in [4.69, 9.17) is 16.7 Å². The average Bonchev–Trinajstić information content (AvgIpc) is 3.13. The second-order valence-electron chi connectivity index (χ2n) is 5.35. The molecule has 128 valence electrons. The van der Waals surface area contributed by atoms with Gasteiger partial charge in [-0.3, -0.25) is 14.2 Å². The highest BCUT2D eigenvalue weighted by Gasteiger charge is 2.21. The Bertz CT molecular complexity index is 947. The summed E-state index contributed by atoms with van der Waals surface area (Å²) in [6, 6.07) is 7.17. The second-order valence-corrected chi connectivity index (χ2v) is 5.78.